The fourth-order valence-corrected chi connectivity index (χ4v) is 1.54. The number of rotatable bonds is 2. The first-order valence-electron chi connectivity index (χ1n) is 5.97. The van der Waals surface area contributed by atoms with Gasteiger partial charge in [0.25, 0.3) is 9.05 Å². The molecule has 9 nitrogen and oxygen atoms in total. The monoisotopic (exact) mass is 520 g/mol. The Hall–Kier alpha value is 0.287. The molecule has 0 spiro atoms. The van der Waals surface area contributed by atoms with E-state index in [2.05, 4.69) is 10.7 Å². The third-order valence-electron chi connectivity index (χ3n) is 0.682. The smallest absolute Gasteiger partial charge is 0.773 e. The molecule has 0 aliphatic carbocycles. The molecule has 1 unspecified atom stereocenters. The Morgan fingerprint density at radius 1 is 0.857 bits per heavy atom. The molecule has 0 amide bonds. The van der Waals surface area contributed by atoms with Crippen LogP contribution in [0.4, 0.5) is 0 Å². The van der Waals surface area contributed by atoms with E-state index in [0.29, 0.717) is 0 Å². The van der Waals surface area contributed by atoms with Crippen molar-refractivity contribution in [2.24, 2.45) is 0 Å². The number of hydrogen-bond acceptors (Lipinski definition) is 9. The first-order chi connectivity index (χ1) is 11.3. The van der Waals surface area contributed by atoms with Gasteiger partial charge in [0.2, 0.25) is 9.05 Å². The summed E-state index contributed by atoms with van der Waals surface area (Å²) in [7, 11) is -0.211. The Kier molecular flexibility index (Phi) is 45.3. The summed E-state index contributed by atoms with van der Waals surface area (Å²) in [4.78, 5) is 8.81. The van der Waals surface area contributed by atoms with Crippen molar-refractivity contribution in [3.63, 3.8) is 0 Å². The van der Waals surface area contributed by atoms with Gasteiger partial charge in [0, 0.05) is 38.4 Å². The molecule has 168 valence electrons. The Morgan fingerprint density at radius 3 is 1.04 bits per heavy atom. The van der Waals surface area contributed by atoms with Crippen LogP contribution in [0, 0.1) is 0 Å². The molecule has 0 saturated carbocycles. The van der Waals surface area contributed by atoms with Gasteiger partial charge in [-0.05, 0) is 27.0 Å². The fourth-order valence-electron chi connectivity index (χ4n) is 0.410. The second-order valence-corrected chi connectivity index (χ2v) is 11.9. The molecule has 0 aromatic carbocycles. The topological polar surface area (TPSA) is 160 Å². The summed E-state index contributed by atoms with van der Waals surface area (Å²) in [5.41, 5.74) is 0. The van der Waals surface area contributed by atoms with Crippen LogP contribution < -0.4 is 18.9 Å². The van der Waals surface area contributed by atoms with Crippen LogP contribution in [0.3, 0.4) is 0 Å². The summed E-state index contributed by atoms with van der Waals surface area (Å²) < 4.78 is 76.9. The molecule has 0 aromatic heterocycles. The van der Waals surface area contributed by atoms with Crippen molar-refractivity contribution in [3.05, 3.63) is 23.0 Å². The van der Waals surface area contributed by atoms with Gasteiger partial charge in [0.15, 0.2) is 9.84 Å². The zero-order chi connectivity index (χ0) is 22.6. The number of carbonyl (C=O) groups excluding carboxylic acids is 1. The summed E-state index contributed by atoms with van der Waals surface area (Å²) in [5.74, 6) is 0. The summed E-state index contributed by atoms with van der Waals surface area (Å²) in [6.07, 6.45) is 6.78. The van der Waals surface area contributed by atoms with Crippen LogP contribution in [0.1, 0.15) is 28.2 Å². The van der Waals surface area contributed by atoms with Crippen LogP contribution in [0.5, 0.6) is 0 Å². The van der Waals surface area contributed by atoms with E-state index >= 15 is 0 Å². The van der Waals surface area contributed by atoms with Gasteiger partial charge in [-0.15, -0.1) is 0 Å². The third-order valence-corrected chi connectivity index (χ3v) is 2.35. The third kappa shape index (κ3) is 245. The van der Waals surface area contributed by atoms with Crippen LogP contribution in [0.25, 0.3) is 0 Å². The predicted molar refractivity (Wildman–Crippen MR) is 113 cm³/mol. The molecular formula is C12H27Cl2LiO9S4. The molecule has 0 aromatic rings. The quantitative estimate of drug-likeness (QED) is 0.196. The van der Waals surface area contributed by atoms with Crippen molar-refractivity contribution >= 4 is 66.7 Å². The second kappa shape index (κ2) is 27.3. The van der Waals surface area contributed by atoms with Gasteiger partial charge in [-0.1, -0.05) is 30.7 Å². The van der Waals surface area contributed by atoms with Crippen molar-refractivity contribution in [2.75, 3.05) is 18.8 Å². The average molecular weight is 521 g/mol. The van der Waals surface area contributed by atoms with Gasteiger partial charge < -0.3 is 9.35 Å². The summed E-state index contributed by atoms with van der Waals surface area (Å²) >= 11 is -1.86. The van der Waals surface area contributed by atoms with E-state index in [1.807, 2.05) is 0 Å². The van der Waals surface area contributed by atoms with Gasteiger partial charge in [-0.25, -0.2) is 25.3 Å². The normalized spacial score (nSPS) is 11.2. The molecule has 0 fully saturated rings. The Balaban J connectivity index is -0.0000000399. The molecule has 0 heterocycles. The van der Waals surface area contributed by atoms with Crippen molar-refractivity contribution in [1.29, 1.82) is 0 Å². The maximum Gasteiger partial charge on any atom is 1.00 e. The number of aldehydes is 1. The Morgan fingerprint density at radius 2 is 1.04 bits per heavy atom. The summed E-state index contributed by atoms with van der Waals surface area (Å²) in [6, 6.07) is 0. The SMILES string of the molecule is C.C/C=C/S(=O)(=O)Cl.C/C=C/S(C)(=O)=O.CC=O.CS(=O)(=O)Cl.CS(=O)[O-].[Li+]. The van der Waals surface area contributed by atoms with Crippen LogP contribution in [-0.4, -0.2) is 59.1 Å². The number of sulfone groups is 1. The largest absolute Gasteiger partial charge is 1.00 e. The zero-order valence-corrected chi connectivity index (χ0v) is 20.7. The standard InChI is InChI=1S/C4H8O2S.C3H5ClO2S.C2H4O.CH3ClO2S.CH4O2S.CH4.Li/c1-3-4-7(2,5)6;1-2-3-7(4,5)6;1-2-3;1-5(2,3)4;1-4(2)3;;/h3-4H,1-2H3;2-3H,1H3;2H,1H3;1H3;1H3,(H,2,3);1H4;/q;;;;;;+1/p-1/b4-3+;3-2+;;;;;. The van der Waals surface area contributed by atoms with E-state index in [9.17, 15) is 25.3 Å². The van der Waals surface area contributed by atoms with Crippen LogP contribution in [-0.2, 0) is 43.8 Å². The van der Waals surface area contributed by atoms with E-state index < -0.39 is 39.0 Å². The van der Waals surface area contributed by atoms with Crippen molar-refractivity contribution in [3.8, 4) is 0 Å². The summed E-state index contributed by atoms with van der Waals surface area (Å²) in [6.45, 7) is 4.70. The zero-order valence-electron chi connectivity index (χ0n) is 15.9. The average Bonchev–Trinajstić information content (AvgIpc) is 2.23. The van der Waals surface area contributed by atoms with Gasteiger partial charge in [-0.3, -0.25) is 4.21 Å². The summed E-state index contributed by atoms with van der Waals surface area (Å²) in [5, 5.41) is 2.08. The number of allylic oxidation sites excluding steroid dienone is 2. The van der Waals surface area contributed by atoms with Crippen LogP contribution in [0.15, 0.2) is 23.0 Å². The van der Waals surface area contributed by atoms with Gasteiger partial charge in [0.05, 0.1) is 6.26 Å². The molecule has 0 bridgehead atoms. The molecule has 0 radical (unpaired) electrons. The maximum atomic E-state index is 10.1. The Bertz CT molecular complexity index is 677. The van der Waals surface area contributed by atoms with E-state index in [1.54, 1.807) is 13.8 Å². The molecule has 0 N–H and O–H groups in total. The molecule has 0 aliphatic heterocycles. The maximum absolute atomic E-state index is 10.1. The van der Waals surface area contributed by atoms with E-state index in [4.69, 9.17) is 24.2 Å². The fraction of sp³-hybridized carbons (Fsp3) is 0.583. The number of carbonyl (C=O) groups is 1. The Labute approximate surface area is 193 Å². The van der Waals surface area contributed by atoms with Crippen molar-refractivity contribution in [2.45, 2.75) is 28.2 Å². The number of hydrogen-bond donors (Lipinski definition) is 0. The first-order valence-corrected chi connectivity index (χ1v) is 14.5. The molecule has 1 atom stereocenters. The number of halogens is 2. The van der Waals surface area contributed by atoms with Gasteiger partial charge in [-0.2, -0.15) is 0 Å². The van der Waals surface area contributed by atoms with Crippen molar-refractivity contribution in [1.82, 2.24) is 0 Å². The first kappa shape index (κ1) is 46.5. The van der Waals surface area contributed by atoms with E-state index in [0.717, 1.165) is 35.9 Å². The van der Waals surface area contributed by atoms with E-state index in [-0.39, 0.29) is 26.3 Å². The molecule has 28 heavy (non-hydrogen) atoms. The van der Waals surface area contributed by atoms with E-state index in [1.165, 1.54) is 19.1 Å². The molecule has 0 aliphatic rings. The predicted octanol–water partition coefficient (Wildman–Crippen LogP) is -0.821. The minimum atomic E-state index is -3.38. The molecule has 16 heteroatoms. The molecular weight excluding hydrogens is 494 g/mol. The minimum absolute atomic E-state index is 0. The van der Waals surface area contributed by atoms with Crippen LogP contribution in [0.2, 0.25) is 0 Å². The second-order valence-electron chi connectivity index (χ2n) is 3.56. The molecule has 0 rings (SSSR count). The van der Waals surface area contributed by atoms with Gasteiger partial charge in [0.1, 0.15) is 6.29 Å². The molecule has 0 saturated heterocycles. The van der Waals surface area contributed by atoms with Crippen LogP contribution >= 0.6 is 21.4 Å². The van der Waals surface area contributed by atoms with Crippen molar-refractivity contribution < 1.29 is 57.7 Å². The minimum Gasteiger partial charge on any atom is -0.773 e. The van der Waals surface area contributed by atoms with Gasteiger partial charge >= 0.3 is 18.9 Å².